The summed E-state index contributed by atoms with van der Waals surface area (Å²) in [7, 11) is 0. The average molecular weight is 314 g/mol. The van der Waals surface area contributed by atoms with Gasteiger partial charge in [0, 0.05) is 6.07 Å². The Morgan fingerprint density at radius 2 is 1.83 bits per heavy atom. The number of carboxylic acids is 1. The molecular weight excluding hydrogens is 300 g/mol. The van der Waals surface area contributed by atoms with E-state index in [0.29, 0.717) is 5.56 Å². The summed E-state index contributed by atoms with van der Waals surface area (Å²) >= 11 is 0. The van der Waals surface area contributed by atoms with E-state index >= 15 is 0 Å². The Kier molecular flexibility index (Phi) is 3.65. The maximum absolute atomic E-state index is 12.4. The summed E-state index contributed by atoms with van der Waals surface area (Å²) in [5.41, 5.74) is 1.16. The highest BCUT2D eigenvalue weighted by Crippen LogP contribution is 2.39. The molecule has 1 unspecified atom stereocenters. The van der Waals surface area contributed by atoms with Crippen LogP contribution in [0.25, 0.3) is 0 Å². The quantitative estimate of drug-likeness (QED) is 0.804. The summed E-state index contributed by atoms with van der Waals surface area (Å²) in [4.78, 5) is 23.4. The maximum atomic E-state index is 12.4. The molecule has 2 aromatic rings. The summed E-state index contributed by atoms with van der Waals surface area (Å²) in [6.07, 6.45) is -0.847. The molecule has 1 heterocycles. The number of aliphatic carboxylic acids is 1. The van der Waals surface area contributed by atoms with Gasteiger partial charge in [-0.2, -0.15) is 0 Å². The number of fused-ring (bicyclic) bond motifs is 1. The molecule has 1 aliphatic rings. The smallest absolute Gasteiger partial charge is 0.307 e. The van der Waals surface area contributed by atoms with Gasteiger partial charge in [-0.25, -0.2) is 0 Å². The van der Waals surface area contributed by atoms with Gasteiger partial charge >= 0.3 is 5.97 Å². The lowest BCUT2D eigenvalue weighted by atomic mass is 9.91. The van der Waals surface area contributed by atoms with Gasteiger partial charge in [0.25, 0.3) is 0 Å². The number of rotatable bonds is 3. The molecule has 0 fully saturated rings. The van der Waals surface area contributed by atoms with Crippen LogP contribution in [0, 0.1) is 0 Å². The zero-order valence-corrected chi connectivity index (χ0v) is 12.0. The number of hydrogen-bond donors (Lipinski definition) is 3. The van der Waals surface area contributed by atoms with Gasteiger partial charge in [0.2, 0.25) is 0 Å². The van der Waals surface area contributed by atoms with Crippen LogP contribution in [0.3, 0.4) is 0 Å². The van der Waals surface area contributed by atoms with Crippen molar-refractivity contribution < 1.29 is 29.6 Å². The minimum absolute atomic E-state index is 0.0647. The first-order chi connectivity index (χ1) is 10.9. The van der Waals surface area contributed by atoms with E-state index in [1.807, 2.05) is 0 Å². The number of carboxylic acid groups (broad SMARTS) is 1. The lowest BCUT2D eigenvalue weighted by Gasteiger charge is -2.27. The number of carbonyl (C=O) groups excluding carboxylic acids is 1. The van der Waals surface area contributed by atoms with Crippen molar-refractivity contribution in [3.05, 3.63) is 53.1 Å². The van der Waals surface area contributed by atoms with Crippen molar-refractivity contribution in [3.63, 3.8) is 0 Å². The van der Waals surface area contributed by atoms with Gasteiger partial charge in [0.05, 0.1) is 18.4 Å². The molecule has 0 radical (unpaired) electrons. The standard InChI is InChI=1S/C17H14O6/c18-11-3-1-9(2-4-11)14-8-13(20)17-10(6-16(21)22)5-12(19)7-15(17)23-14/h1-5,7,14,18-19H,6,8H2,(H,21,22). The molecule has 23 heavy (non-hydrogen) atoms. The first kappa shape index (κ1) is 14.9. The van der Waals surface area contributed by atoms with Crippen LogP contribution in [0.1, 0.15) is 34.0 Å². The predicted octanol–water partition coefficient (Wildman–Crippen LogP) is 2.43. The third kappa shape index (κ3) is 2.96. The van der Waals surface area contributed by atoms with Gasteiger partial charge < -0.3 is 20.1 Å². The zero-order valence-electron chi connectivity index (χ0n) is 12.0. The lowest BCUT2D eigenvalue weighted by molar-refractivity contribution is -0.136. The van der Waals surface area contributed by atoms with Crippen LogP contribution in [0.2, 0.25) is 0 Å². The van der Waals surface area contributed by atoms with Crippen molar-refractivity contribution in [2.75, 3.05) is 0 Å². The molecule has 0 bridgehead atoms. The molecule has 3 N–H and O–H groups in total. The molecule has 0 aromatic heterocycles. The van der Waals surface area contributed by atoms with Crippen LogP contribution in [0.5, 0.6) is 17.2 Å². The molecule has 3 rings (SSSR count). The third-order valence-electron chi connectivity index (χ3n) is 3.69. The van der Waals surface area contributed by atoms with Gasteiger partial charge in [0.15, 0.2) is 5.78 Å². The topological polar surface area (TPSA) is 104 Å². The molecule has 0 amide bonds. The first-order valence-corrected chi connectivity index (χ1v) is 7.00. The molecule has 0 saturated carbocycles. The number of hydrogen-bond acceptors (Lipinski definition) is 5. The van der Waals surface area contributed by atoms with Crippen molar-refractivity contribution in [2.24, 2.45) is 0 Å². The van der Waals surface area contributed by atoms with E-state index in [1.165, 1.54) is 24.3 Å². The highest BCUT2D eigenvalue weighted by Gasteiger charge is 2.31. The van der Waals surface area contributed by atoms with Crippen LogP contribution in [-0.2, 0) is 11.2 Å². The Hall–Kier alpha value is -3.02. The summed E-state index contributed by atoms with van der Waals surface area (Å²) in [5, 5.41) is 28.0. The molecule has 118 valence electrons. The third-order valence-corrected chi connectivity index (χ3v) is 3.69. The molecule has 0 saturated heterocycles. The molecule has 6 nitrogen and oxygen atoms in total. The highest BCUT2D eigenvalue weighted by atomic mass is 16.5. The van der Waals surface area contributed by atoms with Crippen molar-refractivity contribution >= 4 is 11.8 Å². The van der Waals surface area contributed by atoms with E-state index in [4.69, 9.17) is 9.84 Å². The molecule has 1 aliphatic heterocycles. The van der Waals surface area contributed by atoms with Gasteiger partial charge in [-0.1, -0.05) is 12.1 Å². The summed E-state index contributed by atoms with van der Waals surface area (Å²) in [6, 6.07) is 8.88. The van der Waals surface area contributed by atoms with Gasteiger partial charge in [0.1, 0.15) is 23.4 Å². The number of Topliss-reactive ketones (excluding diaryl/α,β-unsaturated/α-hetero) is 1. The summed E-state index contributed by atoms with van der Waals surface area (Å²) in [5.74, 6) is -1.20. The number of phenolic OH excluding ortho intramolecular Hbond substituents is 2. The maximum Gasteiger partial charge on any atom is 0.307 e. The van der Waals surface area contributed by atoms with E-state index in [9.17, 15) is 19.8 Å². The number of benzene rings is 2. The lowest BCUT2D eigenvalue weighted by Crippen LogP contribution is -2.22. The number of carbonyl (C=O) groups is 2. The Balaban J connectivity index is 2.00. The van der Waals surface area contributed by atoms with Gasteiger partial charge in [-0.15, -0.1) is 0 Å². The van der Waals surface area contributed by atoms with Crippen molar-refractivity contribution in [1.82, 2.24) is 0 Å². The van der Waals surface area contributed by atoms with Gasteiger partial charge in [-0.05, 0) is 29.3 Å². The van der Waals surface area contributed by atoms with Crippen molar-refractivity contribution in [1.29, 1.82) is 0 Å². The van der Waals surface area contributed by atoms with Gasteiger partial charge in [-0.3, -0.25) is 9.59 Å². The fourth-order valence-corrected chi connectivity index (χ4v) is 2.71. The Labute approximate surface area is 131 Å². The van der Waals surface area contributed by atoms with E-state index in [1.54, 1.807) is 12.1 Å². The fourth-order valence-electron chi connectivity index (χ4n) is 2.71. The molecule has 2 aromatic carbocycles. The van der Waals surface area contributed by atoms with Crippen LogP contribution < -0.4 is 4.74 Å². The van der Waals surface area contributed by atoms with Crippen molar-refractivity contribution in [3.8, 4) is 17.2 Å². The Morgan fingerprint density at radius 1 is 1.13 bits per heavy atom. The number of ketones is 1. The minimum atomic E-state index is -1.09. The molecule has 0 spiro atoms. The Bertz CT molecular complexity index is 778. The zero-order chi connectivity index (χ0) is 16.6. The second kappa shape index (κ2) is 5.64. The summed E-state index contributed by atoms with van der Waals surface area (Å²) in [6.45, 7) is 0. The van der Waals surface area contributed by atoms with Crippen LogP contribution in [0.4, 0.5) is 0 Å². The highest BCUT2D eigenvalue weighted by molar-refractivity contribution is 6.02. The SMILES string of the molecule is O=C(O)Cc1cc(O)cc2c1C(=O)CC(c1ccc(O)cc1)O2. The summed E-state index contributed by atoms with van der Waals surface area (Å²) < 4.78 is 5.78. The fraction of sp³-hybridized carbons (Fsp3) is 0.176. The monoisotopic (exact) mass is 314 g/mol. The van der Waals surface area contributed by atoms with Crippen LogP contribution in [-0.4, -0.2) is 27.1 Å². The largest absolute Gasteiger partial charge is 0.508 e. The minimum Gasteiger partial charge on any atom is -0.508 e. The van der Waals surface area contributed by atoms with E-state index in [-0.39, 0.29) is 47.0 Å². The average Bonchev–Trinajstić information content (AvgIpc) is 2.46. The molecule has 6 heteroatoms. The van der Waals surface area contributed by atoms with E-state index in [0.717, 1.165) is 0 Å². The van der Waals surface area contributed by atoms with Crippen LogP contribution in [0.15, 0.2) is 36.4 Å². The molecule has 1 atom stereocenters. The number of ether oxygens (including phenoxy) is 1. The second-order valence-corrected chi connectivity index (χ2v) is 5.37. The van der Waals surface area contributed by atoms with E-state index < -0.39 is 12.1 Å². The van der Waals surface area contributed by atoms with Crippen molar-refractivity contribution in [2.45, 2.75) is 18.9 Å². The normalized spacial score (nSPS) is 16.5. The van der Waals surface area contributed by atoms with Crippen LogP contribution >= 0.6 is 0 Å². The molecular formula is C17H14O6. The van der Waals surface area contributed by atoms with E-state index in [2.05, 4.69) is 0 Å². The Morgan fingerprint density at radius 3 is 2.48 bits per heavy atom. The predicted molar refractivity (Wildman–Crippen MR) is 79.9 cm³/mol. The number of aromatic hydroxyl groups is 2. The molecule has 0 aliphatic carbocycles. The second-order valence-electron chi connectivity index (χ2n) is 5.37. The first-order valence-electron chi connectivity index (χ1n) is 7.00. The number of phenols is 2.